The maximum atomic E-state index is 10.4. The van der Waals surface area contributed by atoms with Crippen molar-refractivity contribution in [3.63, 3.8) is 0 Å². The molecule has 1 N–H and O–H groups in total. The van der Waals surface area contributed by atoms with Crippen molar-refractivity contribution in [2.24, 2.45) is 17.8 Å². The van der Waals surface area contributed by atoms with Gasteiger partial charge in [-0.05, 0) is 87.8 Å². The van der Waals surface area contributed by atoms with Gasteiger partial charge in [-0.1, -0.05) is 72.6 Å². The second-order valence-electron chi connectivity index (χ2n) is 11.8. The van der Waals surface area contributed by atoms with Crippen molar-refractivity contribution in [3.05, 3.63) is 22.3 Å². The molecule has 1 aliphatic rings. The van der Waals surface area contributed by atoms with Crippen LogP contribution in [0.3, 0.4) is 0 Å². The van der Waals surface area contributed by atoms with Gasteiger partial charge < -0.3 is 14.6 Å². The Kier molecular flexibility index (Phi) is 13.6. The molecule has 0 saturated carbocycles. The number of ether oxygens (including phenoxy) is 2. The summed E-state index contributed by atoms with van der Waals surface area (Å²) in [5.74, 6) is 4.04. The molecule has 0 aliphatic carbocycles. The average molecular weight is 477 g/mol. The van der Waals surface area contributed by atoms with Gasteiger partial charge >= 0.3 is 0 Å². The lowest BCUT2D eigenvalue weighted by molar-refractivity contribution is 0.0512. The zero-order valence-electron chi connectivity index (χ0n) is 24.3. The Bertz CT molecular complexity index is 724. The van der Waals surface area contributed by atoms with E-state index in [1.54, 1.807) is 14.2 Å². The highest BCUT2D eigenvalue weighted by atomic mass is 16.5. The molecule has 34 heavy (non-hydrogen) atoms. The normalized spacial score (nSPS) is 19.1. The van der Waals surface area contributed by atoms with E-state index in [-0.39, 0.29) is 5.60 Å². The Labute approximate surface area is 212 Å². The molecule has 3 heteroatoms. The second kappa shape index (κ2) is 15.0. The second-order valence-corrected chi connectivity index (χ2v) is 11.8. The summed E-state index contributed by atoms with van der Waals surface area (Å²) in [6.07, 6.45) is 14.1. The fourth-order valence-electron chi connectivity index (χ4n) is 5.27. The van der Waals surface area contributed by atoms with Gasteiger partial charge in [0.05, 0.1) is 0 Å². The molecule has 198 valence electrons. The van der Waals surface area contributed by atoms with Crippen molar-refractivity contribution in [3.8, 4) is 11.5 Å². The number of rotatable bonds is 12. The minimum absolute atomic E-state index is 0.0712. The summed E-state index contributed by atoms with van der Waals surface area (Å²) in [6, 6.07) is 0. The van der Waals surface area contributed by atoms with Crippen molar-refractivity contribution >= 4 is 0 Å². The fraction of sp³-hybridized carbons (Fsp3) is 0.806. The zero-order valence-corrected chi connectivity index (χ0v) is 24.3. The zero-order chi connectivity index (χ0) is 25.9. The maximum Gasteiger partial charge on any atom is 0.127 e. The average Bonchev–Trinajstić information content (AvgIpc) is 2.76. The molecule has 0 radical (unpaired) electrons. The minimum Gasteiger partial charge on any atom is -0.507 e. The van der Waals surface area contributed by atoms with Crippen molar-refractivity contribution in [1.29, 1.82) is 0 Å². The van der Waals surface area contributed by atoms with Crippen LogP contribution < -0.4 is 4.74 Å². The van der Waals surface area contributed by atoms with Crippen LogP contribution in [0, 0.1) is 38.5 Å². The van der Waals surface area contributed by atoms with Gasteiger partial charge in [0, 0.05) is 19.8 Å². The molecule has 3 atom stereocenters. The summed E-state index contributed by atoms with van der Waals surface area (Å²) in [5, 5.41) is 10.4. The van der Waals surface area contributed by atoms with Gasteiger partial charge in [0.25, 0.3) is 0 Å². The molecule has 3 nitrogen and oxygen atoms in total. The molecular formula is C31H56O3. The number of hydrogen-bond acceptors (Lipinski definition) is 3. The fourth-order valence-corrected chi connectivity index (χ4v) is 5.27. The van der Waals surface area contributed by atoms with Gasteiger partial charge in [0.15, 0.2) is 0 Å². The van der Waals surface area contributed by atoms with Crippen LogP contribution in [0.1, 0.15) is 121 Å². The predicted octanol–water partition coefficient (Wildman–Crippen LogP) is 9.10. The number of phenolic OH excluding ortho intramolecular Hbond substituents is 1. The van der Waals surface area contributed by atoms with E-state index in [9.17, 15) is 5.11 Å². The number of fused-ring (bicyclic) bond motifs is 1. The van der Waals surface area contributed by atoms with E-state index in [1.165, 1.54) is 56.9 Å². The summed E-state index contributed by atoms with van der Waals surface area (Å²) < 4.78 is 10.9. The summed E-state index contributed by atoms with van der Waals surface area (Å²) >= 11 is 0. The van der Waals surface area contributed by atoms with E-state index in [1.807, 2.05) is 13.8 Å². The molecule has 0 saturated heterocycles. The molecule has 0 unspecified atom stereocenters. The summed E-state index contributed by atoms with van der Waals surface area (Å²) in [7, 11) is 3.25. The highest BCUT2D eigenvalue weighted by molar-refractivity contribution is 5.58. The summed E-state index contributed by atoms with van der Waals surface area (Å²) in [6.45, 7) is 17.9. The van der Waals surface area contributed by atoms with Gasteiger partial charge in [-0.15, -0.1) is 0 Å². The predicted molar refractivity (Wildman–Crippen MR) is 147 cm³/mol. The van der Waals surface area contributed by atoms with Crippen LogP contribution in [0.15, 0.2) is 0 Å². The van der Waals surface area contributed by atoms with Crippen LogP contribution in [0.5, 0.6) is 11.5 Å². The molecule has 0 bridgehead atoms. The number of hydrogen-bond donors (Lipinski definition) is 1. The lowest BCUT2D eigenvalue weighted by Gasteiger charge is -2.38. The van der Waals surface area contributed by atoms with Crippen LogP contribution in [0.25, 0.3) is 0 Å². The van der Waals surface area contributed by atoms with Crippen LogP contribution in [-0.2, 0) is 11.2 Å². The van der Waals surface area contributed by atoms with E-state index in [0.29, 0.717) is 5.75 Å². The smallest absolute Gasteiger partial charge is 0.127 e. The van der Waals surface area contributed by atoms with Crippen LogP contribution in [-0.4, -0.2) is 24.9 Å². The summed E-state index contributed by atoms with van der Waals surface area (Å²) in [4.78, 5) is 0. The molecule has 1 heterocycles. The Morgan fingerprint density at radius 2 is 1.32 bits per heavy atom. The topological polar surface area (TPSA) is 38.7 Å². The number of benzene rings is 1. The Morgan fingerprint density at radius 1 is 0.824 bits per heavy atom. The van der Waals surface area contributed by atoms with E-state index in [2.05, 4.69) is 46.3 Å². The van der Waals surface area contributed by atoms with Crippen molar-refractivity contribution in [1.82, 2.24) is 0 Å². The molecule has 0 spiro atoms. The van der Waals surface area contributed by atoms with Gasteiger partial charge in [-0.2, -0.15) is 0 Å². The van der Waals surface area contributed by atoms with Gasteiger partial charge in [0.2, 0.25) is 0 Å². The van der Waals surface area contributed by atoms with Crippen molar-refractivity contribution in [2.45, 2.75) is 132 Å². The highest BCUT2D eigenvalue weighted by Gasteiger charge is 2.34. The van der Waals surface area contributed by atoms with Gasteiger partial charge in [-0.25, -0.2) is 0 Å². The number of methoxy groups -OCH3 is 1. The first-order valence-electron chi connectivity index (χ1n) is 13.9. The first-order chi connectivity index (χ1) is 16.0. The lowest BCUT2D eigenvalue weighted by atomic mass is 9.84. The molecular weight excluding hydrogens is 420 g/mol. The molecule has 0 aromatic heterocycles. The lowest BCUT2D eigenvalue weighted by Crippen LogP contribution is -2.37. The molecule has 0 amide bonds. The monoisotopic (exact) mass is 476 g/mol. The van der Waals surface area contributed by atoms with E-state index >= 15 is 0 Å². The first kappa shape index (κ1) is 30.8. The Morgan fingerprint density at radius 3 is 1.85 bits per heavy atom. The molecule has 1 aromatic rings. The van der Waals surface area contributed by atoms with E-state index in [4.69, 9.17) is 4.74 Å². The van der Waals surface area contributed by atoms with Crippen LogP contribution >= 0.6 is 0 Å². The third kappa shape index (κ3) is 9.80. The van der Waals surface area contributed by atoms with Crippen LogP contribution in [0.2, 0.25) is 0 Å². The Balaban J connectivity index is 0.00000182. The SMILES string of the molecule is COC.Cc1c(C)c2c(c(C)c1O)CC[C@@](C)(CCC[C@H](C)CCC[C@H](C)CCCC(C)C)O2. The quantitative estimate of drug-likeness (QED) is 0.327. The highest BCUT2D eigenvalue weighted by Crippen LogP contribution is 2.44. The van der Waals surface area contributed by atoms with Crippen LogP contribution in [0.4, 0.5) is 0 Å². The van der Waals surface area contributed by atoms with Crippen molar-refractivity contribution < 1.29 is 14.6 Å². The van der Waals surface area contributed by atoms with E-state index in [0.717, 1.165) is 59.5 Å². The van der Waals surface area contributed by atoms with Gasteiger partial charge in [-0.3, -0.25) is 0 Å². The minimum atomic E-state index is -0.0712. The molecule has 2 rings (SSSR count). The number of aromatic hydroxyl groups is 1. The van der Waals surface area contributed by atoms with Crippen molar-refractivity contribution in [2.75, 3.05) is 14.2 Å². The third-order valence-electron chi connectivity index (χ3n) is 7.87. The van der Waals surface area contributed by atoms with E-state index < -0.39 is 0 Å². The Hall–Kier alpha value is -1.22. The number of phenols is 1. The first-order valence-corrected chi connectivity index (χ1v) is 13.9. The largest absolute Gasteiger partial charge is 0.507 e. The maximum absolute atomic E-state index is 10.4. The molecule has 1 aromatic carbocycles. The summed E-state index contributed by atoms with van der Waals surface area (Å²) in [5.41, 5.74) is 4.23. The van der Waals surface area contributed by atoms with Gasteiger partial charge in [0.1, 0.15) is 17.1 Å². The standard InChI is InChI=1S/C29H50O2.C2H6O/c1-20(2)12-9-13-21(3)14-10-15-22(4)16-11-18-29(8)19-17-26-25(7)27(30)23(5)24(6)28(26)31-29;1-3-2/h20-22,30H,9-19H2,1-8H3;1-2H3/t21-,22-,29-;/m1./s1. The molecule has 1 aliphatic heterocycles. The molecule has 0 fully saturated rings. The third-order valence-corrected chi connectivity index (χ3v) is 7.87.